The van der Waals surface area contributed by atoms with E-state index >= 15 is 0 Å². The van der Waals surface area contributed by atoms with E-state index in [2.05, 4.69) is 15.3 Å². The fourth-order valence-corrected chi connectivity index (χ4v) is 2.76. The second kappa shape index (κ2) is 6.69. The van der Waals surface area contributed by atoms with Gasteiger partial charge in [-0.05, 0) is 13.8 Å². The van der Waals surface area contributed by atoms with Crippen LogP contribution in [0, 0.1) is 13.8 Å². The molecule has 0 saturated carbocycles. The minimum absolute atomic E-state index is 0.108. The quantitative estimate of drug-likeness (QED) is 0.839. The summed E-state index contributed by atoms with van der Waals surface area (Å²) in [6, 6.07) is 0. The van der Waals surface area contributed by atoms with E-state index in [0.29, 0.717) is 12.1 Å². The summed E-state index contributed by atoms with van der Waals surface area (Å²) in [6.45, 7) is 5.81. The third-order valence-electron chi connectivity index (χ3n) is 3.17. The van der Waals surface area contributed by atoms with Gasteiger partial charge in [-0.2, -0.15) is 0 Å². The summed E-state index contributed by atoms with van der Waals surface area (Å²) in [5.41, 5.74) is 0.330. The maximum Gasteiger partial charge on any atom is 0.328 e. The van der Waals surface area contributed by atoms with E-state index in [4.69, 9.17) is 0 Å². The maximum atomic E-state index is 11.9. The number of aromatic amines is 1. The first kappa shape index (κ1) is 16.2. The lowest BCUT2D eigenvalue weighted by Crippen LogP contribution is -2.37. The normalized spacial score (nSPS) is 12.1. The Morgan fingerprint density at radius 3 is 2.82 bits per heavy atom. The van der Waals surface area contributed by atoms with Gasteiger partial charge >= 0.3 is 5.69 Å². The number of nitrogens with zero attached hydrogens (tertiary/aromatic N) is 2. The zero-order valence-corrected chi connectivity index (χ0v) is 13.5. The van der Waals surface area contributed by atoms with Crippen molar-refractivity contribution in [1.82, 2.24) is 19.9 Å². The molecule has 8 heteroatoms. The Bertz CT molecular complexity index is 790. The summed E-state index contributed by atoms with van der Waals surface area (Å²) in [6.07, 6.45) is 1.38. The molecule has 2 N–H and O–H groups in total. The predicted octanol–water partition coefficient (Wildman–Crippen LogP) is 0.530. The van der Waals surface area contributed by atoms with Crippen molar-refractivity contribution in [3.8, 4) is 0 Å². The fourth-order valence-electron chi connectivity index (χ4n) is 1.90. The number of thiazole rings is 1. The number of amides is 1. The van der Waals surface area contributed by atoms with Crippen molar-refractivity contribution in [3.05, 3.63) is 48.7 Å². The van der Waals surface area contributed by atoms with E-state index in [1.165, 1.54) is 10.8 Å². The summed E-state index contributed by atoms with van der Waals surface area (Å²) in [5.74, 6) is -0.176. The van der Waals surface area contributed by atoms with Gasteiger partial charge in [-0.15, -0.1) is 11.3 Å². The van der Waals surface area contributed by atoms with Crippen LogP contribution in [0.25, 0.3) is 0 Å². The van der Waals surface area contributed by atoms with Crippen LogP contribution in [-0.4, -0.2) is 27.0 Å². The van der Waals surface area contributed by atoms with E-state index in [1.54, 1.807) is 18.3 Å². The van der Waals surface area contributed by atoms with Crippen molar-refractivity contribution < 1.29 is 4.79 Å². The van der Waals surface area contributed by atoms with E-state index in [0.717, 1.165) is 10.7 Å². The predicted molar refractivity (Wildman–Crippen MR) is 84.3 cm³/mol. The Balaban J connectivity index is 1.95. The van der Waals surface area contributed by atoms with Crippen LogP contribution in [0.3, 0.4) is 0 Å². The molecular weight excluding hydrogens is 304 g/mol. The molecular formula is C14H18N4O3S. The van der Waals surface area contributed by atoms with Gasteiger partial charge in [-0.3, -0.25) is 19.1 Å². The summed E-state index contributed by atoms with van der Waals surface area (Å²) >= 11 is 1.56. The molecule has 0 fully saturated rings. The molecule has 2 aromatic rings. The summed E-state index contributed by atoms with van der Waals surface area (Å²) < 4.78 is 1.18. The van der Waals surface area contributed by atoms with Crippen molar-refractivity contribution in [1.29, 1.82) is 0 Å². The second-order valence-corrected chi connectivity index (χ2v) is 6.12. The number of carbonyl (C=O) groups excluding carboxylic acids is 1. The topological polar surface area (TPSA) is 96.9 Å². The van der Waals surface area contributed by atoms with Crippen LogP contribution in [0.2, 0.25) is 0 Å². The SMILES string of the molecule is Cc1csc([C@H](C)CNC(=O)Cn2cc(C)c(=O)[nH]c2=O)n1. The monoisotopic (exact) mass is 322 g/mol. The largest absolute Gasteiger partial charge is 0.354 e. The van der Waals surface area contributed by atoms with Gasteiger partial charge in [0.2, 0.25) is 5.91 Å². The van der Waals surface area contributed by atoms with Gasteiger partial charge in [0.25, 0.3) is 5.56 Å². The highest BCUT2D eigenvalue weighted by molar-refractivity contribution is 7.09. The van der Waals surface area contributed by atoms with Crippen LogP contribution in [0.4, 0.5) is 0 Å². The Hall–Kier alpha value is -2.22. The lowest BCUT2D eigenvalue weighted by molar-refractivity contribution is -0.121. The Labute approximate surface area is 131 Å². The molecule has 0 saturated heterocycles. The molecule has 22 heavy (non-hydrogen) atoms. The molecule has 0 aliphatic carbocycles. The number of rotatable bonds is 5. The number of H-pyrrole nitrogens is 1. The molecule has 2 heterocycles. The van der Waals surface area contributed by atoms with Crippen molar-refractivity contribution in [3.63, 3.8) is 0 Å². The van der Waals surface area contributed by atoms with Crippen LogP contribution in [-0.2, 0) is 11.3 Å². The van der Waals surface area contributed by atoms with Gasteiger partial charge in [-0.1, -0.05) is 6.92 Å². The Morgan fingerprint density at radius 2 is 2.18 bits per heavy atom. The highest BCUT2D eigenvalue weighted by Gasteiger charge is 2.12. The average Bonchev–Trinajstić information content (AvgIpc) is 2.89. The van der Waals surface area contributed by atoms with Crippen LogP contribution >= 0.6 is 11.3 Å². The number of aryl methyl sites for hydroxylation is 2. The average molecular weight is 322 g/mol. The molecule has 0 bridgehead atoms. The highest BCUT2D eigenvalue weighted by Crippen LogP contribution is 2.18. The fraction of sp³-hybridized carbons (Fsp3) is 0.429. The summed E-state index contributed by atoms with van der Waals surface area (Å²) in [7, 11) is 0. The Morgan fingerprint density at radius 1 is 1.45 bits per heavy atom. The maximum absolute atomic E-state index is 11.9. The van der Waals surface area contributed by atoms with Crippen LogP contribution < -0.4 is 16.6 Å². The molecule has 1 atom stereocenters. The minimum atomic E-state index is -0.589. The number of carbonyl (C=O) groups is 1. The third-order valence-corrected chi connectivity index (χ3v) is 4.36. The van der Waals surface area contributed by atoms with E-state index in [1.807, 2.05) is 19.2 Å². The first-order valence-electron chi connectivity index (χ1n) is 6.86. The first-order valence-corrected chi connectivity index (χ1v) is 7.74. The number of nitrogens with one attached hydrogen (secondary N) is 2. The molecule has 118 valence electrons. The zero-order chi connectivity index (χ0) is 16.3. The van der Waals surface area contributed by atoms with Crippen LogP contribution in [0.15, 0.2) is 21.2 Å². The third kappa shape index (κ3) is 3.91. The summed E-state index contributed by atoms with van der Waals surface area (Å²) in [5, 5.41) is 5.71. The molecule has 0 aromatic carbocycles. The van der Waals surface area contributed by atoms with E-state index in [9.17, 15) is 14.4 Å². The first-order chi connectivity index (χ1) is 10.4. The van der Waals surface area contributed by atoms with Gasteiger partial charge < -0.3 is 5.32 Å². The van der Waals surface area contributed by atoms with E-state index in [-0.39, 0.29) is 18.4 Å². The lowest BCUT2D eigenvalue weighted by Gasteiger charge is -2.11. The molecule has 0 unspecified atom stereocenters. The Kier molecular flexibility index (Phi) is 4.92. The molecule has 0 aliphatic heterocycles. The van der Waals surface area contributed by atoms with Crippen molar-refractivity contribution in [2.75, 3.05) is 6.54 Å². The number of aromatic nitrogens is 3. The van der Waals surface area contributed by atoms with Gasteiger partial charge in [0.15, 0.2) is 0 Å². The van der Waals surface area contributed by atoms with Crippen molar-refractivity contribution >= 4 is 17.2 Å². The number of hydrogen-bond donors (Lipinski definition) is 2. The van der Waals surface area contributed by atoms with Gasteiger partial charge in [0, 0.05) is 35.3 Å². The van der Waals surface area contributed by atoms with Crippen molar-refractivity contribution in [2.24, 2.45) is 0 Å². The zero-order valence-electron chi connectivity index (χ0n) is 12.7. The lowest BCUT2D eigenvalue weighted by atomic mass is 10.2. The highest BCUT2D eigenvalue weighted by atomic mass is 32.1. The smallest absolute Gasteiger partial charge is 0.328 e. The molecule has 7 nitrogen and oxygen atoms in total. The number of hydrogen-bond acceptors (Lipinski definition) is 5. The van der Waals surface area contributed by atoms with Crippen LogP contribution in [0.5, 0.6) is 0 Å². The molecule has 1 amide bonds. The molecule has 2 rings (SSSR count). The van der Waals surface area contributed by atoms with Gasteiger partial charge in [0.05, 0.1) is 5.01 Å². The van der Waals surface area contributed by atoms with Gasteiger partial charge in [-0.25, -0.2) is 9.78 Å². The van der Waals surface area contributed by atoms with E-state index < -0.39 is 11.2 Å². The molecule has 0 radical (unpaired) electrons. The molecule has 2 aromatic heterocycles. The summed E-state index contributed by atoms with van der Waals surface area (Å²) in [4.78, 5) is 41.4. The van der Waals surface area contributed by atoms with Crippen molar-refractivity contribution in [2.45, 2.75) is 33.2 Å². The molecule has 0 spiro atoms. The minimum Gasteiger partial charge on any atom is -0.354 e. The van der Waals surface area contributed by atoms with Gasteiger partial charge in [0.1, 0.15) is 6.54 Å². The molecule has 0 aliphatic rings. The van der Waals surface area contributed by atoms with Crippen LogP contribution in [0.1, 0.15) is 29.1 Å². The second-order valence-electron chi connectivity index (χ2n) is 5.23. The standard InChI is InChI=1S/C14H18N4O3S/c1-8(13-16-10(3)7-22-13)4-15-11(19)6-18-5-9(2)12(20)17-14(18)21/h5,7-8H,4,6H2,1-3H3,(H,15,19)(H,17,20,21)/t8-/m1/s1.